The zero-order valence-corrected chi connectivity index (χ0v) is 14.4. The minimum absolute atomic E-state index is 0.728. The molecule has 1 aliphatic heterocycles. The van der Waals surface area contributed by atoms with E-state index in [0.29, 0.717) is 0 Å². The Morgan fingerprint density at radius 3 is 1.92 bits per heavy atom. The fraction of sp³-hybridized carbons (Fsp3) is 0.250. The molecule has 4 rings (SSSR count). The summed E-state index contributed by atoms with van der Waals surface area (Å²) in [6, 6.07) is 20.4. The number of hydrogen-bond acceptors (Lipinski definition) is 4. The van der Waals surface area contributed by atoms with Crippen LogP contribution in [0.2, 0.25) is 0 Å². The Morgan fingerprint density at radius 1 is 0.760 bits per heavy atom. The van der Waals surface area contributed by atoms with E-state index in [-0.39, 0.29) is 0 Å². The maximum absolute atomic E-state index is 4.91. The van der Waals surface area contributed by atoms with Gasteiger partial charge in [-0.25, -0.2) is 4.98 Å². The Labute approximate surface area is 148 Å². The second-order valence-corrected chi connectivity index (χ2v) is 6.49. The molecule has 3 aromatic rings. The molecule has 0 atom stereocenters. The fourth-order valence-electron chi connectivity index (χ4n) is 3.13. The van der Waals surface area contributed by atoms with E-state index in [1.807, 2.05) is 36.4 Å². The van der Waals surface area contributed by atoms with Gasteiger partial charge in [-0.3, -0.25) is 0 Å². The van der Waals surface area contributed by atoms with Crippen molar-refractivity contribution in [1.82, 2.24) is 15.2 Å². The maximum atomic E-state index is 4.91. The molecule has 0 aliphatic carbocycles. The van der Waals surface area contributed by atoms with Gasteiger partial charge in [-0.2, -0.15) is 0 Å². The monoisotopic (exact) mass is 332 g/mol. The molecule has 0 unspecified atom stereocenters. The van der Waals surface area contributed by atoms with Gasteiger partial charge in [0.15, 0.2) is 0 Å². The summed E-state index contributed by atoms with van der Waals surface area (Å²) in [5, 5.41) is 9.00. The van der Waals surface area contributed by atoms with Crippen LogP contribution < -0.4 is 9.80 Å². The van der Waals surface area contributed by atoms with Crippen LogP contribution in [0.1, 0.15) is 0 Å². The van der Waals surface area contributed by atoms with E-state index in [9.17, 15) is 0 Å². The smallest absolute Gasteiger partial charge is 0.246 e. The Kier molecular flexibility index (Phi) is 4.39. The van der Waals surface area contributed by atoms with E-state index in [4.69, 9.17) is 4.98 Å². The standard InChI is InChI=1S/C20H21N5/c1-24-12-14-25(15-13-24)20-21-18(16-8-4-2-5-9-16)19(22-23-20)17-10-6-3-7-11-17/h2-11H,12-15H2,1H3/p+1. The average molecular weight is 332 g/mol. The molecule has 0 radical (unpaired) electrons. The van der Waals surface area contributed by atoms with Crippen LogP contribution in [0.25, 0.3) is 22.5 Å². The number of piperazine rings is 1. The topological polar surface area (TPSA) is 46.4 Å². The molecular weight excluding hydrogens is 310 g/mol. The lowest BCUT2D eigenvalue weighted by Crippen LogP contribution is -3.12. The van der Waals surface area contributed by atoms with E-state index in [0.717, 1.165) is 54.6 Å². The van der Waals surface area contributed by atoms with Crippen molar-refractivity contribution in [3.05, 3.63) is 60.7 Å². The Morgan fingerprint density at radius 2 is 1.32 bits per heavy atom. The molecule has 0 amide bonds. The second-order valence-electron chi connectivity index (χ2n) is 6.49. The number of benzene rings is 2. The molecule has 2 aromatic carbocycles. The fourth-order valence-corrected chi connectivity index (χ4v) is 3.13. The van der Waals surface area contributed by atoms with Gasteiger partial charge in [-0.05, 0) is 0 Å². The predicted molar refractivity (Wildman–Crippen MR) is 99.5 cm³/mol. The lowest BCUT2D eigenvalue weighted by Gasteiger charge is -2.30. The van der Waals surface area contributed by atoms with Gasteiger partial charge in [-0.15, -0.1) is 10.2 Å². The molecule has 0 spiro atoms. The summed E-state index contributed by atoms with van der Waals surface area (Å²) in [5.74, 6) is 0.728. The second kappa shape index (κ2) is 6.99. The number of nitrogens with one attached hydrogen (secondary N) is 1. The van der Waals surface area contributed by atoms with E-state index < -0.39 is 0 Å². The van der Waals surface area contributed by atoms with E-state index in [2.05, 4.69) is 46.4 Å². The van der Waals surface area contributed by atoms with Crippen molar-refractivity contribution in [2.24, 2.45) is 0 Å². The third-order valence-electron chi connectivity index (χ3n) is 4.67. The van der Waals surface area contributed by atoms with Gasteiger partial charge in [-0.1, -0.05) is 60.7 Å². The van der Waals surface area contributed by atoms with Crippen LogP contribution in [0.3, 0.4) is 0 Å². The first-order chi connectivity index (χ1) is 12.3. The first kappa shape index (κ1) is 15.7. The first-order valence-corrected chi connectivity index (χ1v) is 8.73. The summed E-state index contributed by atoms with van der Waals surface area (Å²) < 4.78 is 0. The van der Waals surface area contributed by atoms with Gasteiger partial charge in [0.2, 0.25) is 5.95 Å². The van der Waals surface area contributed by atoms with Crippen molar-refractivity contribution in [3.8, 4) is 22.5 Å². The minimum Gasteiger partial charge on any atom is -0.334 e. The normalized spacial score (nSPS) is 15.3. The highest BCUT2D eigenvalue weighted by Crippen LogP contribution is 2.29. The van der Waals surface area contributed by atoms with Crippen LogP contribution in [0, 0.1) is 0 Å². The number of hydrogen-bond donors (Lipinski definition) is 1. The quantitative estimate of drug-likeness (QED) is 0.790. The molecule has 1 aliphatic rings. The van der Waals surface area contributed by atoms with Crippen molar-refractivity contribution in [3.63, 3.8) is 0 Å². The third-order valence-corrected chi connectivity index (χ3v) is 4.67. The molecule has 1 N–H and O–H groups in total. The molecule has 1 aromatic heterocycles. The first-order valence-electron chi connectivity index (χ1n) is 8.73. The van der Waals surface area contributed by atoms with Crippen molar-refractivity contribution in [1.29, 1.82) is 0 Å². The van der Waals surface area contributed by atoms with Gasteiger partial charge in [0.05, 0.1) is 33.2 Å². The van der Waals surface area contributed by atoms with E-state index in [1.165, 1.54) is 0 Å². The summed E-state index contributed by atoms with van der Waals surface area (Å²) in [5.41, 5.74) is 3.83. The molecule has 0 saturated carbocycles. The summed E-state index contributed by atoms with van der Waals surface area (Å²) >= 11 is 0. The van der Waals surface area contributed by atoms with Crippen LogP contribution in [-0.4, -0.2) is 48.4 Å². The SMILES string of the molecule is C[NH+]1CCN(c2nnc(-c3ccccc3)c(-c3ccccc3)n2)CC1. The Hall–Kier alpha value is -2.79. The van der Waals surface area contributed by atoms with Gasteiger partial charge in [0.1, 0.15) is 11.4 Å². The number of quaternary nitrogens is 1. The Balaban J connectivity index is 1.78. The summed E-state index contributed by atoms with van der Waals surface area (Å²) in [6.45, 7) is 4.13. The van der Waals surface area contributed by atoms with Crippen LogP contribution in [0.4, 0.5) is 5.95 Å². The highest BCUT2D eigenvalue weighted by molar-refractivity contribution is 5.78. The third kappa shape index (κ3) is 3.37. The number of aromatic nitrogens is 3. The number of rotatable bonds is 3. The Bertz CT molecular complexity index is 827. The van der Waals surface area contributed by atoms with Gasteiger partial charge >= 0.3 is 0 Å². The molecule has 5 heteroatoms. The predicted octanol–water partition coefficient (Wildman–Crippen LogP) is 1.54. The van der Waals surface area contributed by atoms with Gasteiger partial charge in [0.25, 0.3) is 0 Å². The average Bonchev–Trinajstić information content (AvgIpc) is 2.69. The molecule has 25 heavy (non-hydrogen) atoms. The molecule has 1 fully saturated rings. The number of anilines is 1. The van der Waals surface area contributed by atoms with Crippen LogP contribution in [0.5, 0.6) is 0 Å². The number of likely N-dealkylation sites (N-methyl/N-ethyl adjacent to an activating group) is 1. The highest BCUT2D eigenvalue weighted by Gasteiger charge is 2.21. The largest absolute Gasteiger partial charge is 0.334 e. The molecular formula is C20H22N5+. The molecule has 2 heterocycles. The highest BCUT2D eigenvalue weighted by atomic mass is 15.4. The van der Waals surface area contributed by atoms with Crippen LogP contribution in [0.15, 0.2) is 60.7 Å². The van der Waals surface area contributed by atoms with Crippen LogP contribution in [-0.2, 0) is 0 Å². The molecule has 126 valence electrons. The minimum atomic E-state index is 0.728. The van der Waals surface area contributed by atoms with Crippen molar-refractivity contribution < 1.29 is 4.90 Å². The van der Waals surface area contributed by atoms with Crippen LogP contribution >= 0.6 is 0 Å². The molecule has 1 saturated heterocycles. The zero-order valence-electron chi connectivity index (χ0n) is 14.4. The van der Waals surface area contributed by atoms with Crippen molar-refractivity contribution in [2.45, 2.75) is 0 Å². The van der Waals surface area contributed by atoms with Gasteiger partial charge < -0.3 is 9.80 Å². The maximum Gasteiger partial charge on any atom is 0.246 e. The number of nitrogens with zero attached hydrogens (tertiary/aromatic N) is 4. The zero-order chi connectivity index (χ0) is 17.1. The van der Waals surface area contributed by atoms with Crippen molar-refractivity contribution in [2.75, 3.05) is 38.1 Å². The summed E-state index contributed by atoms with van der Waals surface area (Å²) in [7, 11) is 2.23. The molecule has 5 nitrogen and oxygen atoms in total. The molecule has 0 bridgehead atoms. The van der Waals surface area contributed by atoms with E-state index in [1.54, 1.807) is 4.90 Å². The summed E-state index contributed by atoms with van der Waals surface area (Å²) in [4.78, 5) is 8.70. The van der Waals surface area contributed by atoms with E-state index >= 15 is 0 Å². The summed E-state index contributed by atoms with van der Waals surface area (Å²) in [6.07, 6.45) is 0. The van der Waals surface area contributed by atoms with Gasteiger partial charge in [0, 0.05) is 11.1 Å². The lowest BCUT2D eigenvalue weighted by molar-refractivity contribution is -0.880. The van der Waals surface area contributed by atoms with Crippen molar-refractivity contribution >= 4 is 5.95 Å². The lowest BCUT2D eigenvalue weighted by atomic mass is 10.0.